The molecule has 4 nitrogen and oxygen atoms in total. The molecule has 0 saturated carbocycles. The first-order valence-corrected chi connectivity index (χ1v) is 11.6. The summed E-state index contributed by atoms with van der Waals surface area (Å²) in [4.78, 5) is 14.7. The molecule has 0 radical (unpaired) electrons. The van der Waals surface area contributed by atoms with Crippen molar-refractivity contribution in [3.63, 3.8) is 0 Å². The largest absolute Gasteiger partial charge is 0.485 e. The average molecular weight is 476 g/mol. The zero-order valence-electron chi connectivity index (χ0n) is 17.8. The van der Waals surface area contributed by atoms with Gasteiger partial charge >= 0.3 is 0 Å². The molecule has 4 rings (SSSR count). The van der Waals surface area contributed by atoms with Crippen LogP contribution in [0.3, 0.4) is 0 Å². The van der Waals surface area contributed by atoms with Crippen molar-refractivity contribution in [3.05, 3.63) is 120 Å². The number of carbonyl (C=O) groups excluding carboxylic acids is 1. The predicted octanol–water partition coefficient (Wildman–Crippen LogP) is 7.64. The Bertz CT molecular complexity index is 1250. The van der Waals surface area contributed by atoms with Crippen molar-refractivity contribution in [3.8, 4) is 5.75 Å². The van der Waals surface area contributed by atoms with E-state index in [0.717, 1.165) is 27.5 Å². The Balaban J connectivity index is 1.41. The molecule has 166 valence electrons. The van der Waals surface area contributed by atoms with Gasteiger partial charge in [0.05, 0.1) is 5.69 Å². The SMILES string of the molecule is C=CCc1ccccc1OCc1ccc(C(=O)Nc2ccccc2Sc2ccc(Cl)cc2)o1. The summed E-state index contributed by atoms with van der Waals surface area (Å²) in [5.41, 5.74) is 1.75. The van der Waals surface area contributed by atoms with Crippen molar-refractivity contribution < 1.29 is 13.9 Å². The highest BCUT2D eigenvalue weighted by molar-refractivity contribution is 7.99. The molecule has 1 N–H and O–H groups in total. The monoisotopic (exact) mass is 475 g/mol. The molecule has 1 aromatic heterocycles. The highest BCUT2D eigenvalue weighted by Crippen LogP contribution is 2.34. The lowest BCUT2D eigenvalue weighted by Crippen LogP contribution is -2.11. The van der Waals surface area contributed by atoms with Crippen LogP contribution in [0.25, 0.3) is 0 Å². The van der Waals surface area contributed by atoms with Crippen LogP contribution in [0.15, 0.2) is 112 Å². The average Bonchev–Trinajstić information content (AvgIpc) is 3.31. The number of furan rings is 1. The lowest BCUT2D eigenvalue weighted by atomic mass is 10.1. The number of anilines is 1. The second-order valence-corrected chi connectivity index (χ2v) is 8.71. The number of rotatable bonds is 9. The second-order valence-electron chi connectivity index (χ2n) is 7.16. The molecule has 4 aromatic rings. The van der Waals surface area contributed by atoms with Crippen LogP contribution >= 0.6 is 23.4 Å². The molecule has 0 aliphatic heterocycles. The number of ether oxygens (including phenoxy) is 1. The van der Waals surface area contributed by atoms with E-state index in [1.807, 2.05) is 78.9 Å². The number of nitrogens with one attached hydrogen (secondary N) is 1. The van der Waals surface area contributed by atoms with Gasteiger partial charge in [0.2, 0.25) is 0 Å². The summed E-state index contributed by atoms with van der Waals surface area (Å²) in [6.07, 6.45) is 2.55. The Morgan fingerprint density at radius 1 is 1.00 bits per heavy atom. The number of halogens is 1. The van der Waals surface area contributed by atoms with Gasteiger partial charge in [-0.2, -0.15) is 0 Å². The van der Waals surface area contributed by atoms with Crippen LogP contribution in [-0.2, 0) is 13.0 Å². The highest BCUT2D eigenvalue weighted by atomic mass is 35.5. The fourth-order valence-corrected chi connectivity index (χ4v) is 4.20. The van der Waals surface area contributed by atoms with Gasteiger partial charge in [0.15, 0.2) is 5.76 Å². The van der Waals surface area contributed by atoms with Gasteiger partial charge in [-0.15, -0.1) is 6.58 Å². The Morgan fingerprint density at radius 3 is 2.58 bits per heavy atom. The Kier molecular flexibility index (Phi) is 7.55. The van der Waals surface area contributed by atoms with E-state index in [1.165, 1.54) is 0 Å². The second kappa shape index (κ2) is 10.9. The first kappa shape index (κ1) is 22.8. The maximum absolute atomic E-state index is 12.8. The molecule has 0 aliphatic carbocycles. The smallest absolute Gasteiger partial charge is 0.291 e. The molecule has 0 bridgehead atoms. The molecule has 3 aromatic carbocycles. The minimum absolute atomic E-state index is 0.222. The van der Waals surface area contributed by atoms with E-state index >= 15 is 0 Å². The van der Waals surface area contributed by atoms with Gasteiger partial charge in [-0.1, -0.05) is 59.8 Å². The van der Waals surface area contributed by atoms with Crippen molar-refractivity contribution >= 4 is 35.0 Å². The summed E-state index contributed by atoms with van der Waals surface area (Å²) in [7, 11) is 0. The fourth-order valence-electron chi connectivity index (χ4n) is 3.17. The third kappa shape index (κ3) is 6.09. The molecule has 0 atom stereocenters. The van der Waals surface area contributed by atoms with Crippen LogP contribution in [0, 0.1) is 0 Å². The molecule has 0 saturated heterocycles. The van der Waals surface area contributed by atoms with Crippen molar-refractivity contribution in [2.24, 2.45) is 0 Å². The van der Waals surface area contributed by atoms with Crippen LogP contribution in [0.5, 0.6) is 5.75 Å². The van der Waals surface area contributed by atoms with Crippen LogP contribution < -0.4 is 10.1 Å². The van der Waals surface area contributed by atoms with Gasteiger partial charge in [-0.3, -0.25) is 4.79 Å². The number of hydrogen-bond acceptors (Lipinski definition) is 4. The Labute approximate surface area is 202 Å². The van der Waals surface area contributed by atoms with Crippen LogP contribution in [-0.4, -0.2) is 5.91 Å². The number of hydrogen-bond donors (Lipinski definition) is 1. The highest BCUT2D eigenvalue weighted by Gasteiger charge is 2.14. The van der Waals surface area contributed by atoms with Crippen molar-refractivity contribution in [1.82, 2.24) is 0 Å². The summed E-state index contributed by atoms with van der Waals surface area (Å²) < 4.78 is 11.6. The summed E-state index contributed by atoms with van der Waals surface area (Å²) in [5.74, 6) is 1.24. The lowest BCUT2D eigenvalue weighted by molar-refractivity contribution is 0.0992. The summed E-state index contributed by atoms with van der Waals surface area (Å²) >= 11 is 7.52. The molecule has 1 amide bonds. The van der Waals surface area contributed by atoms with Crippen LogP contribution in [0.1, 0.15) is 21.9 Å². The minimum Gasteiger partial charge on any atom is -0.485 e. The molecule has 33 heavy (non-hydrogen) atoms. The van der Waals surface area contributed by atoms with Gasteiger partial charge in [0.25, 0.3) is 5.91 Å². The number of carbonyl (C=O) groups is 1. The first-order chi connectivity index (χ1) is 16.1. The molecular formula is C27H22ClNO3S. The third-order valence-electron chi connectivity index (χ3n) is 4.77. The van der Waals surface area contributed by atoms with Crippen molar-refractivity contribution in [2.75, 3.05) is 5.32 Å². The van der Waals surface area contributed by atoms with E-state index in [1.54, 1.807) is 23.9 Å². The fraction of sp³-hybridized carbons (Fsp3) is 0.0741. The molecule has 0 spiro atoms. The molecule has 1 heterocycles. The van der Waals surface area contributed by atoms with E-state index in [-0.39, 0.29) is 18.3 Å². The standard InChI is InChI=1S/C27H22ClNO3S/c1-2-7-19-8-3-5-10-24(19)31-18-21-14-17-25(32-21)27(30)29-23-9-4-6-11-26(23)33-22-15-12-20(28)13-16-22/h2-6,8-17H,1,7,18H2,(H,29,30). The maximum atomic E-state index is 12.8. The number of benzene rings is 3. The predicted molar refractivity (Wildman–Crippen MR) is 133 cm³/mol. The van der Waals surface area contributed by atoms with Crippen molar-refractivity contribution in [1.29, 1.82) is 0 Å². The van der Waals surface area contributed by atoms with Crippen LogP contribution in [0.4, 0.5) is 5.69 Å². The van der Waals surface area contributed by atoms with E-state index in [4.69, 9.17) is 20.8 Å². The van der Waals surface area contributed by atoms with Gasteiger partial charge < -0.3 is 14.5 Å². The van der Waals surface area contributed by atoms with Gasteiger partial charge in [0.1, 0.15) is 18.1 Å². The zero-order valence-corrected chi connectivity index (χ0v) is 19.4. The minimum atomic E-state index is -0.322. The van der Waals surface area contributed by atoms with Gasteiger partial charge in [0, 0.05) is 14.8 Å². The summed E-state index contributed by atoms with van der Waals surface area (Å²) in [5, 5.41) is 3.62. The number of allylic oxidation sites excluding steroid dienone is 1. The topological polar surface area (TPSA) is 51.5 Å². The van der Waals surface area contributed by atoms with E-state index in [0.29, 0.717) is 16.5 Å². The van der Waals surface area contributed by atoms with E-state index in [9.17, 15) is 4.79 Å². The molecular weight excluding hydrogens is 454 g/mol. The Hall–Kier alpha value is -3.41. The van der Waals surface area contributed by atoms with Gasteiger partial charge in [-0.05, 0) is 66.6 Å². The number of para-hydroxylation sites is 2. The van der Waals surface area contributed by atoms with Gasteiger partial charge in [-0.25, -0.2) is 0 Å². The quantitative estimate of drug-likeness (QED) is 0.253. The van der Waals surface area contributed by atoms with Crippen molar-refractivity contribution in [2.45, 2.75) is 22.8 Å². The normalized spacial score (nSPS) is 10.6. The Morgan fingerprint density at radius 2 is 1.76 bits per heavy atom. The zero-order chi connectivity index (χ0) is 23.0. The molecule has 0 unspecified atom stereocenters. The van der Waals surface area contributed by atoms with Crippen LogP contribution in [0.2, 0.25) is 5.02 Å². The van der Waals surface area contributed by atoms with E-state index in [2.05, 4.69) is 11.9 Å². The first-order valence-electron chi connectivity index (χ1n) is 10.4. The molecule has 0 fully saturated rings. The summed E-state index contributed by atoms with van der Waals surface area (Å²) in [6, 6.07) is 26.4. The van der Waals surface area contributed by atoms with E-state index < -0.39 is 0 Å². The lowest BCUT2D eigenvalue weighted by Gasteiger charge is -2.10. The molecule has 6 heteroatoms. The molecule has 0 aliphatic rings. The summed E-state index contributed by atoms with van der Waals surface area (Å²) in [6.45, 7) is 4.01. The maximum Gasteiger partial charge on any atom is 0.291 e. The third-order valence-corrected chi connectivity index (χ3v) is 6.10. The number of amides is 1.